The molecule has 0 aliphatic heterocycles. The average Bonchev–Trinajstić information content (AvgIpc) is 2.33. The van der Waals surface area contributed by atoms with Crippen molar-refractivity contribution in [2.24, 2.45) is 5.73 Å². The van der Waals surface area contributed by atoms with Crippen molar-refractivity contribution in [2.45, 2.75) is 0 Å². The third kappa shape index (κ3) is 2.94. The number of nitrogens with zero attached hydrogens (tertiary/aromatic N) is 1. The van der Waals surface area contributed by atoms with Gasteiger partial charge in [-0.25, -0.2) is 4.39 Å². The zero-order valence-electron chi connectivity index (χ0n) is 9.15. The van der Waals surface area contributed by atoms with Crippen molar-refractivity contribution in [1.29, 1.82) is 0 Å². The first-order valence-electron chi connectivity index (χ1n) is 5.04. The van der Waals surface area contributed by atoms with Gasteiger partial charge in [0.2, 0.25) is 0 Å². The highest BCUT2D eigenvalue weighted by atomic mass is 35.5. The van der Waals surface area contributed by atoms with Crippen LogP contribution in [0.4, 0.5) is 15.8 Å². The van der Waals surface area contributed by atoms with Crippen molar-refractivity contribution in [3.8, 4) is 0 Å². The number of aromatic nitrogens is 1. The van der Waals surface area contributed by atoms with E-state index in [1.165, 1.54) is 12.1 Å². The second-order valence-corrected chi connectivity index (χ2v) is 4.39. The summed E-state index contributed by atoms with van der Waals surface area (Å²) in [7, 11) is 0. The zero-order chi connectivity index (χ0) is 13.1. The van der Waals surface area contributed by atoms with Gasteiger partial charge in [0.25, 0.3) is 0 Å². The van der Waals surface area contributed by atoms with Gasteiger partial charge in [-0.15, -0.1) is 0 Å². The van der Waals surface area contributed by atoms with Crippen LogP contribution in [-0.2, 0) is 0 Å². The van der Waals surface area contributed by atoms with Gasteiger partial charge in [-0.2, -0.15) is 0 Å². The van der Waals surface area contributed by atoms with Crippen LogP contribution < -0.4 is 11.1 Å². The molecule has 6 heteroatoms. The molecular formula is C12H9ClFN3S. The highest BCUT2D eigenvalue weighted by Gasteiger charge is 2.04. The van der Waals surface area contributed by atoms with Crippen LogP contribution in [0.25, 0.3) is 0 Å². The maximum absolute atomic E-state index is 12.9. The minimum atomic E-state index is -0.385. The van der Waals surface area contributed by atoms with Crippen molar-refractivity contribution in [1.82, 2.24) is 4.98 Å². The summed E-state index contributed by atoms with van der Waals surface area (Å²) in [5.74, 6) is -0.385. The number of hydrogen-bond acceptors (Lipinski definition) is 3. The van der Waals surface area contributed by atoms with Crippen LogP contribution in [0.1, 0.15) is 5.69 Å². The average molecular weight is 282 g/mol. The van der Waals surface area contributed by atoms with E-state index in [0.29, 0.717) is 16.4 Å². The van der Waals surface area contributed by atoms with E-state index < -0.39 is 0 Å². The minimum Gasteiger partial charge on any atom is -0.388 e. The number of anilines is 2. The van der Waals surface area contributed by atoms with Crippen LogP contribution in [0, 0.1) is 5.82 Å². The Morgan fingerprint density at radius 2 is 2.11 bits per heavy atom. The van der Waals surface area contributed by atoms with Crippen LogP contribution in [-0.4, -0.2) is 9.97 Å². The minimum absolute atomic E-state index is 0.212. The van der Waals surface area contributed by atoms with Gasteiger partial charge in [-0.3, -0.25) is 4.98 Å². The second kappa shape index (κ2) is 5.29. The summed E-state index contributed by atoms with van der Waals surface area (Å²) in [5, 5.41) is 3.34. The Morgan fingerprint density at radius 3 is 2.78 bits per heavy atom. The first kappa shape index (κ1) is 12.7. The molecule has 1 aromatic carbocycles. The zero-order valence-corrected chi connectivity index (χ0v) is 10.7. The van der Waals surface area contributed by atoms with Crippen molar-refractivity contribution in [3.05, 3.63) is 53.1 Å². The molecule has 0 radical (unpaired) electrons. The molecule has 0 spiro atoms. The first-order chi connectivity index (χ1) is 8.56. The third-order valence-corrected chi connectivity index (χ3v) is 2.74. The number of thiocarbonyl (C=S) groups is 1. The van der Waals surface area contributed by atoms with E-state index >= 15 is 0 Å². The predicted octanol–water partition coefficient (Wildman–Crippen LogP) is 3.25. The Balaban J connectivity index is 2.28. The number of rotatable bonds is 3. The van der Waals surface area contributed by atoms with Gasteiger partial charge in [0.1, 0.15) is 10.8 Å². The van der Waals surface area contributed by atoms with E-state index in [4.69, 9.17) is 29.6 Å². The molecule has 3 N–H and O–H groups in total. The lowest BCUT2D eigenvalue weighted by atomic mass is 10.2. The number of nitrogens with one attached hydrogen (secondary N) is 1. The van der Waals surface area contributed by atoms with E-state index in [9.17, 15) is 4.39 Å². The summed E-state index contributed by atoms with van der Waals surface area (Å²) in [6, 6.07) is 7.55. The topological polar surface area (TPSA) is 50.9 Å². The van der Waals surface area contributed by atoms with Gasteiger partial charge >= 0.3 is 0 Å². The van der Waals surface area contributed by atoms with Crippen LogP contribution in [0.2, 0.25) is 5.02 Å². The lowest BCUT2D eigenvalue weighted by molar-refractivity contribution is 0.628. The molecule has 92 valence electrons. The summed E-state index contributed by atoms with van der Waals surface area (Å²) in [6.45, 7) is 0. The van der Waals surface area contributed by atoms with E-state index in [0.717, 1.165) is 5.69 Å². The van der Waals surface area contributed by atoms with Crippen LogP contribution >= 0.6 is 23.8 Å². The van der Waals surface area contributed by atoms with Crippen molar-refractivity contribution >= 4 is 40.2 Å². The molecule has 0 aliphatic carbocycles. The van der Waals surface area contributed by atoms with Crippen LogP contribution in [0.15, 0.2) is 36.5 Å². The molecule has 3 nitrogen and oxygen atoms in total. The molecule has 1 aromatic heterocycles. The molecule has 0 fully saturated rings. The maximum Gasteiger partial charge on any atom is 0.124 e. The van der Waals surface area contributed by atoms with Gasteiger partial charge in [0, 0.05) is 11.9 Å². The van der Waals surface area contributed by atoms with Gasteiger partial charge in [0.15, 0.2) is 0 Å². The normalized spacial score (nSPS) is 10.1. The van der Waals surface area contributed by atoms with Crippen molar-refractivity contribution in [2.75, 3.05) is 5.32 Å². The Bertz CT molecular complexity index is 604. The Kier molecular flexibility index (Phi) is 3.74. The number of pyridine rings is 1. The van der Waals surface area contributed by atoms with Crippen LogP contribution in [0.5, 0.6) is 0 Å². The van der Waals surface area contributed by atoms with Crippen molar-refractivity contribution < 1.29 is 4.39 Å². The lowest BCUT2D eigenvalue weighted by Crippen LogP contribution is -2.11. The van der Waals surface area contributed by atoms with Gasteiger partial charge in [-0.05, 0) is 30.3 Å². The summed E-state index contributed by atoms with van der Waals surface area (Å²) in [6.07, 6.45) is 1.58. The SMILES string of the molecule is NC(=S)c1cc(Nc2ccc(F)cc2Cl)ccn1. The summed E-state index contributed by atoms with van der Waals surface area (Å²) < 4.78 is 12.9. The van der Waals surface area contributed by atoms with Gasteiger partial charge < -0.3 is 11.1 Å². The van der Waals surface area contributed by atoms with E-state index in [-0.39, 0.29) is 10.8 Å². The molecule has 0 saturated heterocycles. The number of benzene rings is 1. The summed E-state index contributed by atoms with van der Waals surface area (Å²) in [5.41, 5.74) is 7.32. The summed E-state index contributed by atoms with van der Waals surface area (Å²) in [4.78, 5) is 4.23. The molecule has 1 heterocycles. The predicted molar refractivity (Wildman–Crippen MR) is 74.8 cm³/mol. The third-order valence-electron chi connectivity index (χ3n) is 2.22. The lowest BCUT2D eigenvalue weighted by Gasteiger charge is -2.09. The van der Waals surface area contributed by atoms with E-state index in [1.807, 2.05) is 0 Å². The molecule has 2 rings (SSSR count). The summed E-state index contributed by atoms with van der Waals surface area (Å²) >= 11 is 10.8. The molecule has 0 atom stereocenters. The Morgan fingerprint density at radius 1 is 1.33 bits per heavy atom. The highest BCUT2D eigenvalue weighted by Crippen LogP contribution is 2.26. The molecule has 0 bridgehead atoms. The van der Waals surface area contributed by atoms with Gasteiger partial charge in [-0.1, -0.05) is 23.8 Å². The molecule has 2 aromatic rings. The largest absolute Gasteiger partial charge is 0.388 e. The quantitative estimate of drug-likeness (QED) is 0.848. The van der Waals surface area contributed by atoms with Gasteiger partial charge in [0.05, 0.1) is 16.4 Å². The first-order valence-corrected chi connectivity index (χ1v) is 5.83. The van der Waals surface area contributed by atoms with Crippen LogP contribution in [0.3, 0.4) is 0 Å². The number of hydrogen-bond donors (Lipinski definition) is 2. The van der Waals surface area contributed by atoms with Crippen molar-refractivity contribution in [3.63, 3.8) is 0 Å². The molecule has 0 aliphatic rings. The standard InChI is InChI=1S/C12H9ClFN3S/c13-9-5-7(14)1-2-10(9)17-8-3-4-16-11(6-8)12(15)18/h1-6H,(H2,15,18)(H,16,17). The number of halogens is 2. The molecule has 18 heavy (non-hydrogen) atoms. The van der Waals surface area contributed by atoms with E-state index in [1.54, 1.807) is 24.4 Å². The monoisotopic (exact) mass is 281 g/mol. The molecule has 0 saturated carbocycles. The van der Waals surface area contributed by atoms with E-state index in [2.05, 4.69) is 10.3 Å². The molecule has 0 amide bonds. The smallest absolute Gasteiger partial charge is 0.124 e. The fourth-order valence-corrected chi connectivity index (χ4v) is 1.72. The fourth-order valence-electron chi connectivity index (χ4n) is 1.39. The fraction of sp³-hybridized carbons (Fsp3) is 0. The Labute approximate surface area is 114 Å². The molecular weight excluding hydrogens is 273 g/mol. The highest BCUT2D eigenvalue weighted by molar-refractivity contribution is 7.80. The Hall–Kier alpha value is -1.72. The second-order valence-electron chi connectivity index (χ2n) is 3.54. The maximum atomic E-state index is 12.9. The number of nitrogens with two attached hydrogens (primary N) is 1. The molecule has 0 unspecified atom stereocenters.